The number of rotatable bonds is 5. The zero-order valence-electron chi connectivity index (χ0n) is 12.3. The van der Waals surface area contributed by atoms with Gasteiger partial charge in [0.2, 0.25) is 0 Å². The van der Waals surface area contributed by atoms with E-state index in [2.05, 4.69) is 11.4 Å². The first-order valence-corrected chi connectivity index (χ1v) is 7.07. The number of benzene rings is 1. The summed E-state index contributed by atoms with van der Waals surface area (Å²) in [4.78, 5) is 10.4. The van der Waals surface area contributed by atoms with Crippen LogP contribution in [-0.4, -0.2) is 23.1 Å². The van der Waals surface area contributed by atoms with Gasteiger partial charge in [-0.1, -0.05) is 6.92 Å². The molecule has 0 saturated heterocycles. The van der Waals surface area contributed by atoms with Crippen LogP contribution in [0, 0.1) is 28.4 Å². The smallest absolute Gasteiger partial charge is 0.272 e. The Bertz CT molecular complexity index is 582. The van der Waals surface area contributed by atoms with Gasteiger partial charge in [-0.05, 0) is 38.4 Å². The predicted octanol–water partition coefficient (Wildman–Crippen LogP) is 2.71. The van der Waals surface area contributed by atoms with Crippen LogP contribution in [0.2, 0.25) is 0 Å². The Kier molecular flexibility index (Phi) is 4.43. The molecule has 1 aliphatic carbocycles. The van der Waals surface area contributed by atoms with E-state index in [9.17, 15) is 15.4 Å². The molecule has 2 atom stereocenters. The van der Waals surface area contributed by atoms with Gasteiger partial charge >= 0.3 is 0 Å². The lowest BCUT2D eigenvalue weighted by atomic mass is 10.00. The van der Waals surface area contributed by atoms with Crippen LogP contribution in [0.1, 0.15) is 31.7 Å². The van der Waals surface area contributed by atoms with E-state index in [0.717, 1.165) is 19.4 Å². The summed E-state index contributed by atoms with van der Waals surface area (Å²) in [5.74, 6) is 0.619. The third-order valence-electron chi connectivity index (χ3n) is 3.87. The molecule has 1 aliphatic rings. The number of hydrogen-bond acceptors (Lipinski definition) is 5. The number of nitrogens with zero attached hydrogens (tertiary/aromatic N) is 2. The highest BCUT2D eigenvalue weighted by molar-refractivity contribution is 5.44. The first kappa shape index (κ1) is 15.3. The summed E-state index contributed by atoms with van der Waals surface area (Å²) in [6.45, 7) is 4.42. The largest absolute Gasteiger partial charge is 0.490 e. The van der Waals surface area contributed by atoms with Crippen molar-refractivity contribution in [2.75, 3.05) is 6.54 Å². The fourth-order valence-corrected chi connectivity index (χ4v) is 2.84. The summed E-state index contributed by atoms with van der Waals surface area (Å²) in [5.41, 5.74) is 0.163. The minimum Gasteiger partial charge on any atom is -0.490 e. The van der Waals surface area contributed by atoms with Gasteiger partial charge in [0.05, 0.1) is 11.0 Å². The van der Waals surface area contributed by atoms with Crippen molar-refractivity contribution in [3.8, 4) is 11.8 Å². The van der Waals surface area contributed by atoms with E-state index in [0.29, 0.717) is 17.7 Å². The summed E-state index contributed by atoms with van der Waals surface area (Å²) in [6.07, 6.45) is 2.15. The number of nitro benzene ring substituents is 1. The van der Waals surface area contributed by atoms with Gasteiger partial charge in [0.15, 0.2) is 0 Å². The third-order valence-corrected chi connectivity index (χ3v) is 3.87. The molecular weight excluding hydrogens is 270 g/mol. The zero-order chi connectivity index (χ0) is 15.5. The molecule has 112 valence electrons. The van der Waals surface area contributed by atoms with Gasteiger partial charge in [-0.15, -0.1) is 0 Å². The number of nitro groups is 1. The highest BCUT2D eigenvalue weighted by Gasteiger charge is 2.40. The van der Waals surface area contributed by atoms with Gasteiger partial charge in [0.25, 0.3) is 5.69 Å². The minimum absolute atomic E-state index is 0.0374. The summed E-state index contributed by atoms with van der Waals surface area (Å²) in [5, 5.41) is 23.4. The predicted molar refractivity (Wildman–Crippen MR) is 78.1 cm³/mol. The number of aryl methyl sites for hydroxylation is 1. The van der Waals surface area contributed by atoms with E-state index < -0.39 is 10.5 Å². The Morgan fingerprint density at radius 1 is 1.62 bits per heavy atom. The number of ether oxygens (including phenoxy) is 1. The molecule has 0 bridgehead atoms. The van der Waals surface area contributed by atoms with Crippen LogP contribution >= 0.6 is 0 Å². The van der Waals surface area contributed by atoms with Crippen molar-refractivity contribution in [3.05, 3.63) is 33.9 Å². The van der Waals surface area contributed by atoms with Gasteiger partial charge < -0.3 is 4.74 Å². The molecule has 21 heavy (non-hydrogen) atoms. The first-order chi connectivity index (χ1) is 9.99. The van der Waals surface area contributed by atoms with Crippen molar-refractivity contribution < 1.29 is 9.66 Å². The van der Waals surface area contributed by atoms with Crippen molar-refractivity contribution in [2.24, 2.45) is 0 Å². The van der Waals surface area contributed by atoms with Crippen molar-refractivity contribution in [2.45, 2.75) is 44.8 Å². The first-order valence-electron chi connectivity index (χ1n) is 7.07. The molecule has 1 fully saturated rings. The van der Waals surface area contributed by atoms with Gasteiger partial charge in [0.1, 0.15) is 17.4 Å². The van der Waals surface area contributed by atoms with Gasteiger partial charge in [0, 0.05) is 18.1 Å². The molecule has 0 radical (unpaired) electrons. The van der Waals surface area contributed by atoms with Crippen LogP contribution in [0.3, 0.4) is 0 Å². The Balaban J connectivity index is 2.05. The highest BCUT2D eigenvalue weighted by Crippen LogP contribution is 2.33. The van der Waals surface area contributed by atoms with Gasteiger partial charge in [-0.3, -0.25) is 15.4 Å². The SMILES string of the molecule is CCNC1(C#N)CCC(Oc2ccc([N+](=O)[O-])c(C)c2)C1. The summed E-state index contributed by atoms with van der Waals surface area (Å²) in [6, 6.07) is 7.10. The second-order valence-corrected chi connectivity index (χ2v) is 5.41. The Morgan fingerprint density at radius 2 is 2.38 bits per heavy atom. The molecule has 1 aromatic carbocycles. The van der Waals surface area contributed by atoms with Crippen LogP contribution in [-0.2, 0) is 0 Å². The van der Waals surface area contributed by atoms with E-state index in [1.165, 1.54) is 6.07 Å². The molecule has 2 rings (SSSR count). The van der Waals surface area contributed by atoms with Crippen molar-refractivity contribution in [3.63, 3.8) is 0 Å². The number of nitriles is 1. The van der Waals surface area contributed by atoms with Gasteiger partial charge in [-0.2, -0.15) is 5.26 Å². The van der Waals surface area contributed by atoms with E-state index >= 15 is 0 Å². The number of nitrogens with one attached hydrogen (secondary N) is 1. The van der Waals surface area contributed by atoms with Crippen LogP contribution in [0.15, 0.2) is 18.2 Å². The van der Waals surface area contributed by atoms with Gasteiger partial charge in [-0.25, -0.2) is 0 Å². The minimum atomic E-state index is -0.505. The van der Waals surface area contributed by atoms with Crippen LogP contribution in [0.4, 0.5) is 5.69 Å². The maximum absolute atomic E-state index is 10.8. The lowest BCUT2D eigenvalue weighted by Crippen LogP contribution is -2.42. The average Bonchev–Trinajstić information content (AvgIpc) is 2.82. The molecule has 1 N–H and O–H groups in total. The zero-order valence-corrected chi connectivity index (χ0v) is 12.3. The monoisotopic (exact) mass is 289 g/mol. The molecule has 0 spiro atoms. The van der Waals surface area contributed by atoms with Crippen molar-refractivity contribution >= 4 is 5.69 Å². The molecule has 2 unspecified atom stereocenters. The second kappa shape index (κ2) is 6.10. The lowest BCUT2D eigenvalue weighted by molar-refractivity contribution is -0.385. The number of hydrogen-bond donors (Lipinski definition) is 1. The fraction of sp³-hybridized carbons (Fsp3) is 0.533. The van der Waals surface area contributed by atoms with E-state index in [-0.39, 0.29) is 11.8 Å². The molecule has 0 aliphatic heterocycles. The average molecular weight is 289 g/mol. The quantitative estimate of drug-likeness (QED) is 0.665. The normalized spacial score (nSPS) is 24.5. The molecule has 6 nitrogen and oxygen atoms in total. The van der Waals surface area contributed by atoms with E-state index in [1.54, 1.807) is 19.1 Å². The Morgan fingerprint density at radius 3 is 2.95 bits per heavy atom. The Hall–Kier alpha value is -2.13. The van der Waals surface area contributed by atoms with Crippen LogP contribution < -0.4 is 10.1 Å². The summed E-state index contributed by atoms with van der Waals surface area (Å²) >= 11 is 0. The molecule has 6 heteroatoms. The maximum atomic E-state index is 10.8. The maximum Gasteiger partial charge on any atom is 0.272 e. The Labute approximate surface area is 123 Å². The second-order valence-electron chi connectivity index (χ2n) is 5.41. The molecule has 0 amide bonds. The summed E-state index contributed by atoms with van der Waals surface area (Å²) < 4.78 is 5.88. The topological polar surface area (TPSA) is 88.2 Å². The van der Waals surface area contributed by atoms with Crippen molar-refractivity contribution in [1.29, 1.82) is 5.26 Å². The van der Waals surface area contributed by atoms with E-state index in [1.807, 2.05) is 6.92 Å². The lowest BCUT2D eigenvalue weighted by Gasteiger charge is -2.22. The van der Waals surface area contributed by atoms with Crippen molar-refractivity contribution in [1.82, 2.24) is 5.32 Å². The van der Waals surface area contributed by atoms with Crippen LogP contribution in [0.25, 0.3) is 0 Å². The fourth-order valence-electron chi connectivity index (χ4n) is 2.84. The van der Waals surface area contributed by atoms with Crippen LogP contribution in [0.5, 0.6) is 5.75 Å². The molecule has 0 heterocycles. The molecular formula is C15H19N3O3. The third kappa shape index (κ3) is 3.31. The molecule has 1 saturated carbocycles. The standard InChI is InChI=1S/C15H19N3O3/c1-3-17-15(10-16)7-6-13(9-15)21-12-4-5-14(18(19)20)11(2)8-12/h4-5,8,13,17H,3,6-7,9H2,1-2H3. The summed E-state index contributed by atoms with van der Waals surface area (Å²) in [7, 11) is 0. The van der Waals surface area contributed by atoms with E-state index in [4.69, 9.17) is 4.74 Å². The highest BCUT2D eigenvalue weighted by atomic mass is 16.6. The molecule has 0 aromatic heterocycles. The molecule has 1 aromatic rings.